The van der Waals surface area contributed by atoms with Crippen molar-refractivity contribution in [2.75, 3.05) is 6.54 Å². The first-order chi connectivity index (χ1) is 9.12. The van der Waals surface area contributed by atoms with Gasteiger partial charge in [-0.3, -0.25) is 0 Å². The SMILES string of the molecule is CCNCc1cc(S(=O)(=O)NCc2ccsc2)c[nH]1. The van der Waals surface area contributed by atoms with E-state index in [9.17, 15) is 8.42 Å². The minimum Gasteiger partial charge on any atom is -0.363 e. The second-order valence-corrected chi connectivity index (χ2v) is 6.64. The molecule has 0 bridgehead atoms. The fourth-order valence-corrected chi connectivity index (χ4v) is 3.29. The minimum absolute atomic E-state index is 0.274. The lowest BCUT2D eigenvalue weighted by Crippen LogP contribution is -2.22. The lowest BCUT2D eigenvalue weighted by atomic mass is 10.4. The first-order valence-electron chi connectivity index (χ1n) is 6.00. The van der Waals surface area contributed by atoms with Gasteiger partial charge < -0.3 is 10.3 Å². The van der Waals surface area contributed by atoms with Gasteiger partial charge in [0.15, 0.2) is 0 Å². The Hall–Kier alpha value is -1.15. The average Bonchev–Trinajstić information content (AvgIpc) is 3.05. The quantitative estimate of drug-likeness (QED) is 0.728. The zero-order valence-corrected chi connectivity index (χ0v) is 12.3. The van der Waals surface area contributed by atoms with Gasteiger partial charge in [0, 0.05) is 25.0 Å². The summed E-state index contributed by atoms with van der Waals surface area (Å²) in [6.45, 7) is 3.80. The predicted octanol–water partition coefficient (Wildman–Crippen LogP) is 1.66. The third-order valence-electron chi connectivity index (χ3n) is 2.64. The Kier molecular flexibility index (Phi) is 4.76. The van der Waals surface area contributed by atoms with Crippen LogP contribution in [0.25, 0.3) is 0 Å². The number of sulfonamides is 1. The van der Waals surface area contributed by atoms with Crippen molar-refractivity contribution in [3.8, 4) is 0 Å². The van der Waals surface area contributed by atoms with Gasteiger partial charge in [-0.15, -0.1) is 0 Å². The topological polar surface area (TPSA) is 74.0 Å². The van der Waals surface area contributed by atoms with Crippen LogP contribution in [0.15, 0.2) is 34.0 Å². The molecular formula is C12H17N3O2S2. The third kappa shape index (κ3) is 3.90. The zero-order valence-electron chi connectivity index (χ0n) is 10.6. The largest absolute Gasteiger partial charge is 0.363 e. The fourth-order valence-electron chi connectivity index (χ4n) is 1.59. The number of rotatable bonds is 7. The van der Waals surface area contributed by atoms with Gasteiger partial charge in [-0.1, -0.05) is 6.92 Å². The number of thiophene rings is 1. The highest BCUT2D eigenvalue weighted by Crippen LogP contribution is 2.12. The van der Waals surface area contributed by atoms with E-state index < -0.39 is 10.0 Å². The maximum atomic E-state index is 12.1. The van der Waals surface area contributed by atoms with Crippen LogP contribution < -0.4 is 10.0 Å². The Morgan fingerprint density at radius 3 is 2.89 bits per heavy atom. The standard InChI is InChI=1S/C12H17N3O2S2/c1-2-13-7-11-5-12(8-14-11)19(16,17)15-6-10-3-4-18-9-10/h3-5,8-9,13-15H,2,6-7H2,1H3. The van der Waals surface area contributed by atoms with Crippen molar-refractivity contribution in [2.24, 2.45) is 0 Å². The summed E-state index contributed by atoms with van der Waals surface area (Å²) < 4.78 is 26.7. The zero-order chi connectivity index (χ0) is 13.7. The maximum Gasteiger partial charge on any atom is 0.242 e. The minimum atomic E-state index is -3.44. The van der Waals surface area contributed by atoms with Gasteiger partial charge in [-0.05, 0) is 35.0 Å². The van der Waals surface area contributed by atoms with Gasteiger partial charge in [0.2, 0.25) is 10.0 Å². The Morgan fingerprint density at radius 2 is 2.21 bits per heavy atom. The molecule has 3 N–H and O–H groups in total. The first-order valence-corrected chi connectivity index (χ1v) is 8.43. The Labute approximate surface area is 117 Å². The van der Waals surface area contributed by atoms with Crippen LogP contribution in [0.3, 0.4) is 0 Å². The van der Waals surface area contributed by atoms with Crippen LogP contribution in [-0.2, 0) is 23.1 Å². The molecule has 0 spiro atoms. The molecule has 5 nitrogen and oxygen atoms in total. The van der Waals surface area contributed by atoms with E-state index in [4.69, 9.17) is 0 Å². The lowest BCUT2D eigenvalue weighted by Gasteiger charge is -2.03. The van der Waals surface area contributed by atoms with E-state index in [1.165, 1.54) is 6.20 Å². The molecule has 19 heavy (non-hydrogen) atoms. The molecular weight excluding hydrogens is 282 g/mol. The van der Waals surface area contributed by atoms with E-state index in [2.05, 4.69) is 15.0 Å². The lowest BCUT2D eigenvalue weighted by molar-refractivity contribution is 0.581. The van der Waals surface area contributed by atoms with Crippen molar-refractivity contribution in [3.63, 3.8) is 0 Å². The van der Waals surface area contributed by atoms with Gasteiger partial charge in [-0.2, -0.15) is 11.3 Å². The van der Waals surface area contributed by atoms with Gasteiger partial charge in [0.25, 0.3) is 0 Å². The molecule has 2 rings (SSSR count). The van der Waals surface area contributed by atoms with Gasteiger partial charge in [0.1, 0.15) is 0 Å². The van der Waals surface area contributed by atoms with E-state index in [0.717, 1.165) is 17.8 Å². The summed E-state index contributed by atoms with van der Waals surface area (Å²) in [5.41, 5.74) is 1.83. The van der Waals surface area contributed by atoms with E-state index >= 15 is 0 Å². The molecule has 0 aliphatic heterocycles. The van der Waals surface area contributed by atoms with Crippen LogP contribution in [-0.4, -0.2) is 19.9 Å². The van der Waals surface area contributed by atoms with Crippen LogP contribution in [0.1, 0.15) is 18.2 Å². The molecule has 0 saturated heterocycles. The summed E-state index contributed by atoms with van der Waals surface area (Å²) in [5.74, 6) is 0. The fraction of sp³-hybridized carbons (Fsp3) is 0.333. The van der Waals surface area contributed by atoms with E-state index in [1.54, 1.807) is 17.4 Å². The highest BCUT2D eigenvalue weighted by atomic mass is 32.2. The van der Waals surface area contributed by atoms with Gasteiger partial charge in [-0.25, -0.2) is 13.1 Å². The molecule has 0 aromatic carbocycles. The van der Waals surface area contributed by atoms with Gasteiger partial charge in [0.05, 0.1) is 4.90 Å². The smallest absolute Gasteiger partial charge is 0.242 e. The van der Waals surface area contributed by atoms with Crippen LogP contribution in [0, 0.1) is 0 Å². The highest BCUT2D eigenvalue weighted by Gasteiger charge is 2.15. The van der Waals surface area contributed by atoms with Gasteiger partial charge >= 0.3 is 0 Å². The molecule has 2 aromatic rings. The number of hydrogen-bond acceptors (Lipinski definition) is 4. The summed E-state index contributed by atoms with van der Waals surface area (Å²) in [6, 6.07) is 3.56. The number of hydrogen-bond donors (Lipinski definition) is 3. The van der Waals surface area contributed by atoms with E-state index in [1.807, 2.05) is 23.8 Å². The van der Waals surface area contributed by atoms with Crippen molar-refractivity contribution in [1.82, 2.24) is 15.0 Å². The molecule has 2 aromatic heterocycles. The van der Waals surface area contributed by atoms with Crippen LogP contribution >= 0.6 is 11.3 Å². The normalized spacial score (nSPS) is 11.8. The second-order valence-electron chi connectivity index (χ2n) is 4.10. The van der Waals surface area contributed by atoms with Crippen molar-refractivity contribution < 1.29 is 8.42 Å². The molecule has 0 aliphatic rings. The van der Waals surface area contributed by atoms with Crippen molar-refractivity contribution >= 4 is 21.4 Å². The van der Waals surface area contributed by atoms with Crippen LogP contribution in [0.5, 0.6) is 0 Å². The molecule has 0 fully saturated rings. The maximum absolute atomic E-state index is 12.1. The number of H-pyrrole nitrogens is 1. The Bertz CT molecular complexity index is 603. The van der Waals surface area contributed by atoms with E-state index in [0.29, 0.717) is 13.1 Å². The molecule has 0 atom stereocenters. The summed E-state index contributed by atoms with van der Waals surface area (Å²) in [4.78, 5) is 3.23. The highest BCUT2D eigenvalue weighted by molar-refractivity contribution is 7.89. The molecule has 2 heterocycles. The monoisotopic (exact) mass is 299 g/mol. The number of aromatic amines is 1. The van der Waals surface area contributed by atoms with Crippen LogP contribution in [0.2, 0.25) is 0 Å². The second kappa shape index (κ2) is 6.33. The molecule has 0 aliphatic carbocycles. The third-order valence-corrected chi connectivity index (χ3v) is 4.75. The molecule has 0 unspecified atom stereocenters. The molecule has 0 saturated carbocycles. The molecule has 0 amide bonds. The molecule has 0 radical (unpaired) electrons. The number of aromatic nitrogens is 1. The van der Waals surface area contributed by atoms with Crippen molar-refractivity contribution in [3.05, 3.63) is 40.3 Å². The van der Waals surface area contributed by atoms with Crippen molar-refractivity contribution in [1.29, 1.82) is 0 Å². The molecule has 104 valence electrons. The first kappa shape index (κ1) is 14.3. The summed E-state index contributed by atoms with van der Waals surface area (Å²) in [6.07, 6.45) is 1.52. The predicted molar refractivity (Wildman–Crippen MR) is 76.5 cm³/mol. The van der Waals surface area contributed by atoms with Crippen molar-refractivity contribution in [2.45, 2.75) is 24.9 Å². The summed E-state index contributed by atoms with van der Waals surface area (Å²) in [5, 5.41) is 6.99. The average molecular weight is 299 g/mol. The van der Waals surface area contributed by atoms with Crippen LogP contribution in [0.4, 0.5) is 0 Å². The summed E-state index contributed by atoms with van der Waals surface area (Å²) >= 11 is 1.55. The Morgan fingerprint density at radius 1 is 1.37 bits per heavy atom. The number of nitrogens with one attached hydrogen (secondary N) is 3. The molecule has 7 heteroatoms. The van der Waals surface area contributed by atoms with E-state index in [-0.39, 0.29) is 4.90 Å². The Balaban J connectivity index is 2.00. The summed E-state index contributed by atoms with van der Waals surface area (Å²) in [7, 11) is -3.44.